The number of hydrogen-bond acceptors (Lipinski definition) is 1. The summed E-state index contributed by atoms with van der Waals surface area (Å²) in [6, 6.07) is -0.109. The molecule has 0 saturated heterocycles. The van der Waals surface area contributed by atoms with Crippen molar-refractivity contribution in [2.24, 2.45) is 5.92 Å². The van der Waals surface area contributed by atoms with Crippen LogP contribution in [0, 0.1) is 5.92 Å². The fourth-order valence-corrected chi connectivity index (χ4v) is 2.27. The van der Waals surface area contributed by atoms with Crippen LogP contribution >= 0.6 is 0 Å². The van der Waals surface area contributed by atoms with E-state index in [1.54, 1.807) is 0 Å². The van der Waals surface area contributed by atoms with E-state index in [1.807, 2.05) is 0 Å². The number of aliphatic hydroxyl groups is 1. The van der Waals surface area contributed by atoms with Gasteiger partial charge in [0.05, 0.1) is 22.8 Å². The summed E-state index contributed by atoms with van der Waals surface area (Å²) in [6.07, 6.45) is -18.1. The first kappa shape index (κ1) is 17.9. The molecule has 1 fully saturated rings. The van der Waals surface area contributed by atoms with E-state index in [-0.39, 0.29) is 12.1 Å². The zero-order valence-electron chi connectivity index (χ0n) is 11.1. The molecule has 2 rings (SSSR count). The molecule has 1 aromatic carbocycles. The highest BCUT2D eigenvalue weighted by atomic mass is 19.4. The molecule has 1 aromatic rings. The second kappa shape index (κ2) is 5.29. The normalized spacial score (nSPS) is 18.2. The van der Waals surface area contributed by atoms with Crippen LogP contribution in [0.15, 0.2) is 12.1 Å². The minimum absolute atomic E-state index is 0.0545. The minimum Gasteiger partial charge on any atom is -0.388 e. The van der Waals surface area contributed by atoms with Gasteiger partial charge in [-0.3, -0.25) is 0 Å². The Balaban J connectivity index is 2.77. The number of halogens is 9. The predicted octanol–water partition coefficient (Wildman–Crippen LogP) is 5.19. The molecule has 0 aliphatic heterocycles. The average Bonchev–Trinajstić information content (AvgIpc) is 3.17. The third-order valence-electron chi connectivity index (χ3n) is 3.47. The van der Waals surface area contributed by atoms with Gasteiger partial charge in [-0.2, -0.15) is 39.5 Å². The Hall–Kier alpha value is -1.45. The lowest BCUT2D eigenvalue weighted by Gasteiger charge is -2.23. The van der Waals surface area contributed by atoms with Crippen LogP contribution in [0.1, 0.15) is 41.2 Å². The maximum Gasteiger partial charge on any atom is 0.417 e. The third kappa shape index (κ3) is 3.73. The van der Waals surface area contributed by atoms with Crippen molar-refractivity contribution in [3.05, 3.63) is 34.4 Å². The van der Waals surface area contributed by atoms with Gasteiger partial charge in [-0.1, -0.05) is 0 Å². The molecule has 0 radical (unpaired) electrons. The molecule has 1 nitrogen and oxygen atoms in total. The predicted molar refractivity (Wildman–Crippen MR) is 59.1 cm³/mol. The van der Waals surface area contributed by atoms with Crippen LogP contribution in [0.4, 0.5) is 39.5 Å². The topological polar surface area (TPSA) is 20.2 Å². The largest absolute Gasteiger partial charge is 0.417 e. The SMILES string of the molecule is OC(c1cc(C(F)(F)F)c(C(F)(F)F)c(C(F)(F)F)c1)C1CC1. The zero-order valence-corrected chi connectivity index (χ0v) is 11.1. The van der Waals surface area contributed by atoms with Crippen molar-refractivity contribution < 1.29 is 44.6 Å². The summed E-state index contributed by atoms with van der Waals surface area (Å²) < 4.78 is 116. The van der Waals surface area contributed by atoms with Crippen molar-refractivity contribution in [3.63, 3.8) is 0 Å². The molecule has 23 heavy (non-hydrogen) atoms. The van der Waals surface area contributed by atoms with Gasteiger partial charge in [-0.15, -0.1) is 0 Å². The number of rotatable bonds is 2. The van der Waals surface area contributed by atoms with Crippen LogP contribution in [0.5, 0.6) is 0 Å². The van der Waals surface area contributed by atoms with Gasteiger partial charge in [0.15, 0.2) is 0 Å². The summed E-state index contributed by atoms with van der Waals surface area (Å²) in [4.78, 5) is 0. The molecule has 1 unspecified atom stereocenters. The molecule has 1 atom stereocenters. The molecule has 0 amide bonds. The highest BCUT2D eigenvalue weighted by Crippen LogP contribution is 2.49. The van der Waals surface area contributed by atoms with E-state index in [4.69, 9.17) is 0 Å². The third-order valence-corrected chi connectivity index (χ3v) is 3.47. The lowest BCUT2D eigenvalue weighted by Crippen LogP contribution is -2.24. The van der Waals surface area contributed by atoms with Crippen molar-refractivity contribution in [1.82, 2.24) is 0 Å². The Morgan fingerprint density at radius 3 is 1.43 bits per heavy atom. The van der Waals surface area contributed by atoms with E-state index in [0.717, 1.165) is 0 Å². The van der Waals surface area contributed by atoms with Crippen LogP contribution in [-0.4, -0.2) is 5.11 Å². The van der Waals surface area contributed by atoms with E-state index < -0.39 is 52.8 Å². The Morgan fingerprint density at radius 1 is 0.783 bits per heavy atom. The fraction of sp³-hybridized carbons (Fsp3) is 0.538. The standard InChI is InChI=1S/C13H9F9O/c14-11(15,16)7-3-6(10(23)5-1-2-5)4-8(12(17,18)19)9(7)13(20,21)22/h3-5,10,23H,1-2H2. The summed E-state index contributed by atoms with van der Waals surface area (Å²) in [6.45, 7) is 0. The molecular weight excluding hydrogens is 343 g/mol. The smallest absolute Gasteiger partial charge is 0.388 e. The summed E-state index contributed by atoms with van der Waals surface area (Å²) in [5.41, 5.74) is -8.51. The van der Waals surface area contributed by atoms with Gasteiger partial charge in [0.25, 0.3) is 0 Å². The van der Waals surface area contributed by atoms with Crippen LogP contribution in [0.25, 0.3) is 0 Å². The van der Waals surface area contributed by atoms with Crippen LogP contribution in [-0.2, 0) is 18.5 Å². The van der Waals surface area contributed by atoms with Gasteiger partial charge >= 0.3 is 18.5 Å². The highest BCUT2D eigenvalue weighted by Gasteiger charge is 2.51. The van der Waals surface area contributed by atoms with Gasteiger partial charge in [-0.25, -0.2) is 0 Å². The molecule has 1 aliphatic carbocycles. The van der Waals surface area contributed by atoms with Gasteiger partial charge < -0.3 is 5.11 Å². The molecule has 130 valence electrons. The monoisotopic (exact) mass is 352 g/mol. The highest BCUT2D eigenvalue weighted by molar-refractivity contribution is 5.45. The van der Waals surface area contributed by atoms with E-state index in [1.165, 1.54) is 0 Å². The van der Waals surface area contributed by atoms with Crippen LogP contribution < -0.4 is 0 Å². The minimum atomic E-state index is -5.85. The van der Waals surface area contributed by atoms with Crippen molar-refractivity contribution >= 4 is 0 Å². The Bertz CT molecular complexity index is 558. The first-order chi connectivity index (χ1) is 10.2. The maximum atomic E-state index is 12.9. The summed E-state index contributed by atoms with van der Waals surface area (Å²) in [5, 5.41) is 9.72. The van der Waals surface area contributed by atoms with Crippen molar-refractivity contribution in [2.75, 3.05) is 0 Å². The fourth-order valence-electron chi connectivity index (χ4n) is 2.27. The Morgan fingerprint density at radius 2 is 1.17 bits per heavy atom. The first-order valence-corrected chi connectivity index (χ1v) is 6.30. The number of aliphatic hydroxyl groups excluding tert-OH is 1. The van der Waals surface area contributed by atoms with Gasteiger partial charge in [0.2, 0.25) is 0 Å². The maximum absolute atomic E-state index is 12.9. The second-order valence-corrected chi connectivity index (χ2v) is 5.27. The number of alkyl halides is 9. The van der Waals surface area contributed by atoms with Crippen molar-refractivity contribution in [1.29, 1.82) is 0 Å². The van der Waals surface area contributed by atoms with Gasteiger partial charge in [0, 0.05) is 0 Å². The van der Waals surface area contributed by atoms with Gasteiger partial charge in [0.1, 0.15) is 0 Å². The van der Waals surface area contributed by atoms with E-state index in [9.17, 15) is 44.6 Å². The summed E-state index contributed by atoms with van der Waals surface area (Å²) >= 11 is 0. The van der Waals surface area contributed by atoms with Crippen molar-refractivity contribution in [3.8, 4) is 0 Å². The molecule has 0 spiro atoms. The molecule has 1 saturated carbocycles. The molecule has 1 N–H and O–H groups in total. The molecular formula is C13H9F9O. The molecule has 0 bridgehead atoms. The zero-order chi connectivity index (χ0) is 17.8. The van der Waals surface area contributed by atoms with E-state index >= 15 is 0 Å². The molecule has 0 aromatic heterocycles. The second-order valence-electron chi connectivity index (χ2n) is 5.27. The quantitative estimate of drug-likeness (QED) is 0.727. The van der Waals surface area contributed by atoms with Crippen LogP contribution in [0.3, 0.4) is 0 Å². The molecule has 10 heteroatoms. The number of hydrogen-bond donors (Lipinski definition) is 1. The summed E-state index contributed by atoms with van der Waals surface area (Å²) in [5.74, 6) is -0.547. The lowest BCUT2D eigenvalue weighted by molar-refractivity contribution is -0.174. The molecule has 0 heterocycles. The average molecular weight is 352 g/mol. The number of benzene rings is 1. The Kier molecular flexibility index (Phi) is 4.11. The van der Waals surface area contributed by atoms with E-state index in [2.05, 4.69) is 0 Å². The van der Waals surface area contributed by atoms with Crippen LogP contribution in [0.2, 0.25) is 0 Å². The Labute approximate surface area is 123 Å². The van der Waals surface area contributed by atoms with Crippen molar-refractivity contribution in [2.45, 2.75) is 37.5 Å². The summed E-state index contributed by atoms with van der Waals surface area (Å²) in [7, 11) is 0. The van der Waals surface area contributed by atoms with E-state index in [0.29, 0.717) is 12.8 Å². The lowest BCUT2D eigenvalue weighted by atomic mass is 9.92. The first-order valence-electron chi connectivity index (χ1n) is 6.30. The van der Waals surface area contributed by atoms with Gasteiger partial charge in [-0.05, 0) is 36.5 Å². The molecule has 1 aliphatic rings.